The molecule has 1 atom stereocenters. The van der Waals surface area contributed by atoms with Crippen LogP contribution in [-0.2, 0) is 14.4 Å². The molecule has 1 fully saturated rings. The van der Waals surface area contributed by atoms with E-state index in [-0.39, 0.29) is 11.9 Å². The molecule has 0 aromatic carbocycles. The van der Waals surface area contributed by atoms with Gasteiger partial charge in [0.25, 0.3) is 0 Å². The van der Waals surface area contributed by atoms with Crippen molar-refractivity contribution in [2.24, 2.45) is 5.92 Å². The Balaban J connectivity index is 2.38. The van der Waals surface area contributed by atoms with E-state index < -0.39 is 17.9 Å². The lowest BCUT2D eigenvalue weighted by Crippen LogP contribution is -2.33. The minimum absolute atomic E-state index is 0.104. The van der Waals surface area contributed by atoms with Crippen LogP contribution < -0.4 is 0 Å². The molecule has 0 aromatic heterocycles. The summed E-state index contributed by atoms with van der Waals surface area (Å²) in [6.07, 6.45) is 5.49. The molecule has 1 unspecified atom stereocenters. The minimum atomic E-state index is -1.50. The van der Waals surface area contributed by atoms with Crippen LogP contribution in [0.5, 0.6) is 0 Å². The van der Waals surface area contributed by atoms with Crippen LogP contribution in [0.4, 0.5) is 0 Å². The summed E-state index contributed by atoms with van der Waals surface area (Å²) < 4.78 is 0. The maximum absolute atomic E-state index is 11.5. The van der Waals surface area contributed by atoms with Crippen LogP contribution in [0.15, 0.2) is 12.2 Å². The number of allylic oxidation sites excluding steroid dienone is 1. The zero-order valence-corrected chi connectivity index (χ0v) is 10.9. The van der Waals surface area contributed by atoms with Crippen LogP contribution in [0, 0.1) is 5.92 Å². The Morgan fingerprint density at radius 1 is 1.37 bits per heavy atom. The Bertz CT molecular complexity index is 376. The van der Waals surface area contributed by atoms with Crippen molar-refractivity contribution in [2.45, 2.75) is 38.6 Å². The molecular formula is C13H19NO5. The monoisotopic (exact) mass is 269 g/mol. The van der Waals surface area contributed by atoms with Crippen LogP contribution in [-0.4, -0.2) is 45.5 Å². The number of rotatable bonds is 7. The lowest BCUT2D eigenvalue weighted by atomic mass is 10.1. The fourth-order valence-electron chi connectivity index (χ4n) is 2.13. The highest BCUT2D eigenvalue weighted by Gasteiger charge is 2.24. The van der Waals surface area contributed by atoms with Crippen molar-refractivity contribution in [1.29, 1.82) is 0 Å². The summed E-state index contributed by atoms with van der Waals surface area (Å²) in [6, 6.07) is 0.104. The Morgan fingerprint density at radius 3 is 2.47 bits per heavy atom. The van der Waals surface area contributed by atoms with Crippen LogP contribution in [0.1, 0.15) is 32.6 Å². The Hall–Kier alpha value is -1.85. The molecule has 6 heteroatoms. The molecule has 1 aliphatic heterocycles. The van der Waals surface area contributed by atoms with Gasteiger partial charge in [-0.15, -0.1) is 0 Å². The lowest BCUT2D eigenvalue weighted by molar-refractivity contribution is -0.151. The van der Waals surface area contributed by atoms with E-state index in [0.717, 1.165) is 13.0 Å². The van der Waals surface area contributed by atoms with E-state index in [1.54, 1.807) is 6.08 Å². The third-order valence-corrected chi connectivity index (χ3v) is 3.25. The number of carbonyl (C=O) groups is 3. The highest BCUT2D eigenvalue weighted by atomic mass is 16.4. The van der Waals surface area contributed by atoms with Gasteiger partial charge in [0.05, 0.1) is 0 Å². The molecule has 0 aromatic rings. The van der Waals surface area contributed by atoms with Gasteiger partial charge < -0.3 is 15.1 Å². The van der Waals surface area contributed by atoms with Crippen molar-refractivity contribution in [3.8, 4) is 0 Å². The molecule has 1 heterocycles. The number of likely N-dealkylation sites (tertiary alicyclic amines) is 1. The molecule has 1 rings (SSSR count). The summed E-state index contributed by atoms with van der Waals surface area (Å²) in [5, 5.41) is 17.3. The van der Waals surface area contributed by atoms with E-state index in [1.165, 1.54) is 6.08 Å². The van der Waals surface area contributed by atoms with E-state index in [1.807, 2.05) is 11.8 Å². The summed E-state index contributed by atoms with van der Waals surface area (Å²) >= 11 is 0. The van der Waals surface area contributed by atoms with Crippen molar-refractivity contribution >= 4 is 17.8 Å². The Kier molecular flexibility index (Phi) is 5.54. The quantitative estimate of drug-likeness (QED) is 0.533. The molecule has 0 aliphatic carbocycles. The van der Waals surface area contributed by atoms with E-state index in [0.29, 0.717) is 19.3 Å². The smallest absolute Gasteiger partial charge is 0.321 e. The van der Waals surface area contributed by atoms with Crippen molar-refractivity contribution in [3.63, 3.8) is 0 Å². The Morgan fingerprint density at radius 2 is 2.00 bits per heavy atom. The molecule has 2 N–H and O–H groups in total. The molecule has 6 nitrogen and oxygen atoms in total. The number of hydrogen-bond donors (Lipinski definition) is 2. The van der Waals surface area contributed by atoms with Gasteiger partial charge >= 0.3 is 11.9 Å². The molecule has 106 valence electrons. The summed E-state index contributed by atoms with van der Waals surface area (Å²) in [4.78, 5) is 34.6. The molecule has 1 saturated heterocycles. The van der Waals surface area contributed by atoms with Crippen LogP contribution in [0.3, 0.4) is 0 Å². The average Bonchev–Trinajstić information content (AvgIpc) is 2.73. The molecular weight excluding hydrogens is 250 g/mol. The van der Waals surface area contributed by atoms with Crippen molar-refractivity contribution in [2.75, 3.05) is 6.54 Å². The average molecular weight is 269 g/mol. The molecule has 0 bridgehead atoms. The van der Waals surface area contributed by atoms with Gasteiger partial charge in [-0.3, -0.25) is 14.4 Å². The van der Waals surface area contributed by atoms with Crippen molar-refractivity contribution in [1.82, 2.24) is 4.90 Å². The number of hydrogen-bond acceptors (Lipinski definition) is 3. The summed E-state index contributed by atoms with van der Waals surface area (Å²) in [7, 11) is 0. The third kappa shape index (κ3) is 4.39. The van der Waals surface area contributed by atoms with Crippen molar-refractivity contribution < 1.29 is 24.6 Å². The predicted octanol–water partition coefficient (Wildman–Crippen LogP) is 1.12. The predicted molar refractivity (Wildman–Crippen MR) is 67.5 cm³/mol. The first-order valence-electron chi connectivity index (χ1n) is 6.35. The maximum atomic E-state index is 11.5. The molecule has 0 radical (unpaired) electrons. The first-order valence-corrected chi connectivity index (χ1v) is 6.35. The lowest BCUT2D eigenvalue weighted by Gasteiger charge is -2.23. The van der Waals surface area contributed by atoms with E-state index in [2.05, 4.69) is 0 Å². The highest BCUT2D eigenvalue weighted by molar-refractivity contribution is 5.94. The largest absolute Gasteiger partial charge is 0.480 e. The van der Waals surface area contributed by atoms with Gasteiger partial charge in [0.2, 0.25) is 5.91 Å². The van der Waals surface area contributed by atoms with Crippen LogP contribution in [0.2, 0.25) is 0 Å². The zero-order valence-electron chi connectivity index (χ0n) is 10.9. The second-order valence-corrected chi connectivity index (χ2v) is 4.70. The van der Waals surface area contributed by atoms with E-state index >= 15 is 0 Å². The van der Waals surface area contributed by atoms with Crippen LogP contribution in [0.25, 0.3) is 0 Å². The molecule has 0 spiro atoms. The number of carboxylic acids is 2. The van der Waals surface area contributed by atoms with Gasteiger partial charge in [-0.05, 0) is 26.2 Å². The highest BCUT2D eigenvalue weighted by Crippen LogP contribution is 2.16. The standard InChI is InChI=1S/C13H19NO5/c1-9(14-8-4-7-11(14)15)5-2-3-6-10(12(16)17)13(18)19/h3,6,9-10H,2,4-5,7-8H2,1H3,(H,16,17)(H,18,19)/b6-3+. The minimum Gasteiger partial charge on any atom is -0.480 e. The van der Waals surface area contributed by atoms with Gasteiger partial charge in [-0.25, -0.2) is 0 Å². The summed E-state index contributed by atoms with van der Waals surface area (Å²) in [5.41, 5.74) is 0. The number of amides is 1. The molecule has 1 aliphatic rings. The van der Waals surface area contributed by atoms with Gasteiger partial charge in [0.15, 0.2) is 5.92 Å². The van der Waals surface area contributed by atoms with E-state index in [4.69, 9.17) is 10.2 Å². The first-order chi connectivity index (χ1) is 8.93. The number of nitrogens with zero attached hydrogens (tertiary/aromatic N) is 1. The zero-order chi connectivity index (χ0) is 14.4. The third-order valence-electron chi connectivity index (χ3n) is 3.25. The molecule has 1 amide bonds. The van der Waals surface area contributed by atoms with Gasteiger partial charge in [0, 0.05) is 19.0 Å². The topological polar surface area (TPSA) is 94.9 Å². The fourth-order valence-corrected chi connectivity index (χ4v) is 2.13. The fraction of sp³-hybridized carbons (Fsp3) is 0.615. The van der Waals surface area contributed by atoms with Crippen LogP contribution >= 0.6 is 0 Å². The summed E-state index contributed by atoms with van der Waals surface area (Å²) in [5.74, 6) is -4.08. The van der Waals surface area contributed by atoms with Gasteiger partial charge in [0.1, 0.15) is 0 Å². The van der Waals surface area contributed by atoms with Crippen molar-refractivity contribution in [3.05, 3.63) is 12.2 Å². The molecule has 0 saturated carbocycles. The van der Waals surface area contributed by atoms with Gasteiger partial charge in [-0.1, -0.05) is 12.2 Å². The Labute approximate surface area is 111 Å². The SMILES string of the molecule is CC(CC/C=C/C(C(=O)O)C(=O)O)N1CCCC1=O. The summed E-state index contributed by atoms with van der Waals surface area (Å²) in [6.45, 7) is 2.72. The molecule has 19 heavy (non-hydrogen) atoms. The maximum Gasteiger partial charge on any atom is 0.321 e. The van der Waals surface area contributed by atoms with E-state index in [9.17, 15) is 14.4 Å². The second-order valence-electron chi connectivity index (χ2n) is 4.70. The number of carbonyl (C=O) groups excluding carboxylic acids is 1. The number of aliphatic carboxylic acids is 2. The second kappa shape index (κ2) is 6.92. The first kappa shape index (κ1) is 15.2. The normalized spacial score (nSPS) is 17.4. The van der Waals surface area contributed by atoms with Gasteiger partial charge in [-0.2, -0.15) is 0 Å². The number of carboxylic acid groups (broad SMARTS) is 2.